The third-order valence-electron chi connectivity index (χ3n) is 5.79. The molecule has 0 saturated carbocycles. The number of carbonyl (C=O) groups excluding carboxylic acids is 2. The molecule has 1 aromatic heterocycles. The smallest absolute Gasteiger partial charge is 0.251 e. The summed E-state index contributed by atoms with van der Waals surface area (Å²) in [6.45, 7) is 4.82. The van der Waals surface area contributed by atoms with Crippen molar-refractivity contribution in [3.8, 4) is 0 Å². The predicted molar refractivity (Wildman–Crippen MR) is 132 cm³/mol. The minimum Gasteiger partial charge on any atom is -0.379 e. The van der Waals surface area contributed by atoms with Gasteiger partial charge in [-0.05, 0) is 42.3 Å². The molecule has 1 atom stereocenters. The molecule has 1 fully saturated rings. The normalized spacial score (nSPS) is 15.6. The molecule has 1 saturated heterocycles. The zero-order valence-electron chi connectivity index (χ0n) is 19.6. The van der Waals surface area contributed by atoms with Crippen molar-refractivity contribution in [3.05, 3.63) is 66.2 Å². The van der Waals surface area contributed by atoms with Gasteiger partial charge in [-0.25, -0.2) is 13.4 Å². The van der Waals surface area contributed by atoms with Crippen LogP contribution in [-0.4, -0.2) is 61.9 Å². The maximum absolute atomic E-state index is 13.0. The first-order chi connectivity index (χ1) is 16.8. The van der Waals surface area contributed by atoms with Gasteiger partial charge in [-0.3, -0.25) is 9.59 Å². The van der Waals surface area contributed by atoms with Crippen molar-refractivity contribution < 1.29 is 22.7 Å². The summed E-state index contributed by atoms with van der Waals surface area (Å²) in [4.78, 5) is 30.5. The zero-order chi connectivity index (χ0) is 25.0. The molecule has 2 amide bonds. The predicted octanol–water partition coefficient (Wildman–Crippen LogP) is 2.65. The molecule has 0 spiro atoms. The number of para-hydroxylation sites is 1. The summed E-state index contributed by atoms with van der Waals surface area (Å²) in [5.41, 5.74) is 0.898. The van der Waals surface area contributed by atoms with Crippen LogP contribution in [-0.2, 0) is 19.6 Å². The minimum atomic E-state index is -3.75. The van der Waals surface area contributed by atoms with Gasteiger partial charge in [-0.1, -0.05) is 38.1 Å². The van der Waals surface area contributed by atoms with Crippen LogP contribution in [0.5, 0.6) is 0 Å². The highest BCUT2D eigenvalue weighted by Crippen LogP contribution is 2.19. The SMILES string of the molecule is CC(C)C(NC(=O)c1cccc(S(=O)(=O)N2CCOCC2)c1)C(=O)Nc1ccc2ccccc2n1. The lowest BCUT2D eigenvalue weighted by Crippen LogP contribution is -2.47. The number of hydrogen-bond donors (Lipinski definition) is 2. The number of fused-ring (bicyclic) bond motifs is 1. The van der Waals surface area contributed by atoms with Gasteiger partial charge in [0, 0.05) is 24.0 Å². The highest BCUT2D eigenvalue weighted by molar-refractivity contribution is 7.89. The fourth-order valence-electron chi connectivity index (χ4n) is 3.83. The molecular formula is C25H28N4O5S. The number of benzene rings is 2. The van der Waals surface area contributed by atoms with Crippen molar-refractivity contribution in [3.63, 3.8) is 0 Å². The topological polar surface area (TPSA) is 118 Å². The van der Waals surface area contributed by atoms with Gasteiger partial charge in [0.2, 0.25) is 15.9 Å². The van der Waals surface area contributed by atoms with Crippen LogP contribution in [0.25, 0.3) is 10.9 Å². The molecule has 4 rings (SSSR count). The van der Waals surface area contributed by atoms with Gasteiger partial charge in [-0.2, -0.15) is 4.31 Å². The van der Waals surface area contributed by atoms with Crippen LogP contribution in [0.2, 0.25) is 0 Å². The Labute approximate surface area is 204 Å². The Morgan fingerprint density at radius 3 is 2.49 bits per heavy atom. The molecular weight excluding hydrogens is 468 g/mol. The molecule has 35 heavy (non-hydrogen) atoms. The Bertz CT molecular complexity index is 1340. The first-order valence-corrected chi connectivity index (χ1v) is 12.9. The van der Waals surface area contributed by atoms with E-state index in [1.807, 2.05) is 44.2 Å². The number of amides is 2. The second-order valence-corrected chi connectivity index (χ2v) is 10.6. The summed E-state index contributed by atoms with van der Waals surface area (Å²) < 4.78 is 32.5. The summed E-state index contributed by atoms with van der Waals surface area (Å²) in [7, 11) is -3.75. The van der Waals surface area contributed by atoms with E-state index in [9.17, 15) is 18.0 Å². The molecule has 2 heterocycles. The van der Waals surface area contributed by atoms with Crippen LogP contribution < -0.4 is 10.6 Å². The van der Waals surface area contributed by atoms with Crippen molar-refractivity contribution in [2.45, 2.75) is 24.8 Å². The molecule has 3 aromatic rings. The molecule has 0 aliphatic carbocycles. The quantitative estimate of drug-likeness (QED) is 0.519. The van der Waals surface area contributed by atoms with E-state index in [4.69, 9.17) is 4.74 Å². The number of nitrogens with one attached hydrogen (secondary N) is 2. The molecule has 1 unspecified atom stereocenters. The van der Waals surface area contributed by atoms with Crippen LogP contribution in [0.15, 0.2) is 65.6 Å². The van der Waals surface area contributed by atoms with Gasteiger partial charge in [0.1, 0.15) is 11.9 Å². The summed E-state index contributed by atoms with van der Waals surface area (Å²) in [6.07, 6.45) is 0. The average molecular weight is 497 g/mol. The van der Waals surface area contributed by atoms with Crippen molar-refractivity contribution in [2.24, 2.45) is 5.92 Å². The number of carbonyl (C=O) groups is 2. The molecule has 10 heteroatoms. The largest absolute Gasteiger partial charge is 0.379 e. The van der Waals surface area contributed by atoms with Crippen LogP contribution in [0, 0.1) is 5.92 Å². The number of anilines is 1. The number of rotatable bonds is 7. The van der Waals surface area contributed by atoms with Gasteiger partial charge >= 0.3 is 0 Å². The Morgan fingerprint density at radius 1 is 1.00 bits per heavy atom. The van der Waals surface area contributed by atoms with E-state index in [2.05, 4.69) is 15.6 Å². The summed E-state index contributed by atoms with van der Waals surface area (Å²) in [5.74, 6) is -0.788. The van der Waals surface area contributed by atoms with E-state index in [0.29, 0.717) is 19.0 Å². The maximum atomic E-state index is 13.0. The molecule has 1 aliphatic heterocycles. The second kappa shape index (κ2) is 10.5. The van der Waals surface area contributed by atoms with Crippen molar-refractivity contribution >= 4 is 38.6 Å². The maximum Gasteiger partial charge on any atom is 0.251 e. The van der Waals surface area contributed by atoms with Gasteiger partial charge in [0.15, 0.2) is 0 Å². The number of hydrogen-bond acceptors (Lipinski definition) is 6. The fraction of sp³-hybridized carbons (Fsp3) is 0.320. The number of morpholine rings is 1. The summed E-state index contributed by atoms with van der Waals surface area (Å²) in [6, 6.07) is 16.1. The van der Waals surface area contributed by atoms with Crippen LogP contribution in [0.4, 0.5) is 5.82 Å². The lowest BCUT2D eigenvalue weighted by molar-refractivity contribution is -0.118. The highest BCUT2D eigenvalue weighted by atomic mass is 32.2. The molecule has 9 nitrogen and oxygen atoms in total. The molecule has 2 aromatic carbocycles. The van der Waals surface area contributed by atoms with Gasteiger partial charge in [-0.15, -0.1) is 0 Å². The highest BCUT2D eigenvalue weighted by Gasteiger charge is 2.28. The van der Waals surface area contributed by atoms with Crippen LogP contribution in [0.1, 0.15) is 24.2 Å². The third-order valence-corrected chi connectivity index (χ3v) is 7.68. The minimum absolute atomic E-state index is 0.0259. The lowest BCUT2D eigenvalue weighted by atomic mass is 10.0. The number of pyridine rings is 1. The number of aromatic nitrogens is 1. The van der Waals surface area contributed by atoms with E-state index in [1.165, 1.54) is 28.6 Å². The van der Waals surface area contributed by atoms with Crippen molar-refractivity contribution in [1.29, 1.82) is 0 Å². The molecule has 184 valence electrons. The van der Waals surface area contributed by atoms with Crippen LogP contribution >= 0.6 is 0 Å². The number of sulfonamides is 1. The first-order valence-electron chi connectivity index (χ1n) is 11.4. The van der Waals surface area contributed by atoms with E-state index in [0.717, 1.165) is 10.9 Å². The Kier molecular flexibility index (Phi) is 7.44. The van der Waals surface area contributed by atoms with Gasteiger partial charge < -0.3 is 15.4 Å². The van der Waals surface area contributed by atoms with Crippen molar-refractivity contribution in [2.75, 3.05) is 31.6 Å². The standard InChI is InChI=1S/C25H28N4O5S/c1-17(2)23(25(31)27-22-11-10-18-6-3-4-9-21(18)26-22)28-24(30)19-7-5-8-20(16-19)35(32,33)29-12-14-34-15-13-29/h3-11,16-17,23H,12-15H2,1-2H3,(H,28,30)(H,26,27,31). The van der Waals surface area contributed by atoms with Gasteiger partial charge in [0.05, 0.1) is 23.6 Å². The van der Waals surface area contributed by atoms with E-state index < -0.39 is 27.9 Å². The third kappa shape index (κ3) is 5.67. The monoisotopic (exact) mass is 496 g/mol. The second-order valence-electron chi connectivity index (χ2n) is 8.62. The Morgan fingerprint density at radius 2 is 1.74 bits per heavy atom. The molecule has 1 aliphatic rings. The molecule has 0 bridgehead atoms. The summed E-state index contributed by atoms with van der Waals surface area (Å²) in [5, 5.41) is 6.46. The first kappa shape index (κ1) is 24.8. The number of nitrogens with zero attached hydrogens (tertiary/aromatic N) is 2. The average Bonchev–Trinajstić information content (AvgIpc) is 2.87. The Balaban J connectivity index is 1.49. The van der Waals surface area contributed by atoms with Crippen LogP contribution in [0.3, 0.4) is 0 Å². The van der Waals surface area contributed by atoms with E-state index in [1.54, 1.807) is 6.07 Å². The van der Waals surface area contributed by atoms with E-state index >= 15 is 0 Å². The van der Waals surface area contributed by atoms with Crippen molar-refractivity contribution in [1.82, 2.24) is 14.6 Å². The number of ether oxygens (including phenoxy) is 1. The van der Waals surface area contributed by atoms with E-state index in [-0.39, 0.29) is 29.5 Å². The molecule has 2 N–H and O–H groups in total. The van der Waals surface area contributed by atoms with Gasteiger partial charge in [0.25, 0.3) is 5.91 Å². The zero-order valence-corrected chi connectivity index (χ0v) is 20.4. The summed E-state index contributed by atoms with van der Waals surface area (Å²) >= 11 is 0. The lowest BCUT2D eigenvalue weighted by Gasteiger charge is -2.26. The molecule has 0 radical (unpaired) electrons. The fourth-order valence-corrected chi connectivity index (χ4v) is 5.29. The Hall–Kier alpha value is -3.34.